The van der Waals surface area contributed by atoms with E-state index in [9.17, 15) is 4.79 Å². The van der Waals surface area contributed by atoms with Crippen LogP contribution in [0.25, 0.3) is 11.4 Å². The maximum Gasteiger partial charge on any atom is 0.293 e. The molecule has 0 bridgehead atoms. The van der Waals surface area contributed by atoms with Crippen LogP contribution in [0, 0.1) is 6.92 Å². The molecule has 0 atom stereocenters. The Morgan fingerprint density at radius 2 is 2.05 bits per heavy atom. The molecule has 22 heavy (non-hydrogen) atoms. The van der Waals surface area contributed by atoms with Gasteiger partial charge >= 0.3 is 0 Å². The Morgan fingerprint density at radius 3 is 2.68 bits per heavy atom. The molecule has 2 heterocycles. The number of hydrogen-bond acceptors (Lipinski definition) is 6. The molecular formula is C15H13N3O3S. The van der Waals surface area contributed by atoms with Crippen LogP contribution in [0.3, 0.4) is 0 Å². The largest absolute Gasteiger partial charge is 0.497 e. The van der Waals surface area contributed by atoms with E-state index in [2.05, 4.69) is 14.7 Å². The van der Waals surface area contributed by atoms with Crippen LogP contribution in [0.1, 0.15) is 16.1 Å². The Kier molecular flexibility index (Phi) is 3.88. The SMILES string of the molecule is COc1ccc(-c2nsc(NC(=O)c3occc3C)n2)cc1. The fourth-order valence-electron chi connectivity index (χ4n) is 1.89. The van der Waals surface area contributed by atoms with Crippen molar-refractivity contribution in [2.75, 3.05) is 12.4 Å². The minimum atomic E-state index is -0.333. The quantitative estimate of drug-likeness (QED) is 0.798. The van der Waals surface area contributed by atoms with Crippen LogP contribution in [0.2, 0.25) is 0 Å². The van der Waals surface area contributed by atoms with Crippen molar-refractivity contribution in [3.63, 3.8) is 0 Å². The lowest BCUT2D eigenvalue weighted by atomic mass is 10.2. The zero-order valence-corrected chi connectivity index (χ0v) is 12.8. The molecule has 0 fully saturated rings. The lowest BCUT2D eigenvalue weighted by molar-refractivity contribution is 0.0996. The summed E-state index contributed by atoms with van der Waals surface area (Å²) in [4.78, 5) is 16.4. The Morgan fingerprint density at radius 1 is 1.27 bits per heavy atom. The number of anilines is 1. The predicted molar refractivity (Wildman–Crippen MR) is 83.3 cm³/mol. The average Bonchev–Trinajstić information content (AvgIpc) is 3.16. The molecule has 1 N–H and O–H groups in total. The number of methoxy groups -OCH3 is 1. The van der Waals surface area contributed by atoms with Crippen LogP contribution in [-0.4, -0.2) is 22.4 Å². The second kappa shape index (κ2) is 5.98. The number of aromatic nitrogens is 2. The van der Waals surface area contributed by atoms with Gasteiger partial charge in [0.25, 0.3) is 5.91 Å². The standard InChI is InChI=1S/C15H13N3O3S/c1-9-7-8-21-12(9)14(19)17-15-16-13(18-22-15)10-3-5-11(20-2)6-4-10/h3-8H,1-2H3,(H,16,17,18,19). The summed E-state index contributed by atoms with van der Waals surface area (Å²) in [5.74, 6) is 1.26. The van der Waals surface area contributed by atoms with Gasteiger partial charge in [-0.1, -0.05) is 0 Å². The molecule has 0 radical (unpaired) electrons. The van der Waals surface area contributed by atoms with Crippen LogP contribution < -0.4 is 10.1 Å². The summed E-state index contributed by atoms with van der Waals surface area (Å²) in [5, 5.41) is 3.11. The second-order valence-corrected chi connectivity index (χ2v) is 5.29. The number of furan rings is 1. The minimum absolute atomic E-state index is 0.279. The fourth-order valence-corrected chi connectivity index (χ4v) is 2.48. The van der Waals surface area contributed by atoms with Crippen LogP contribution in [0.15, 0.2) is 41.0 Å². The van der Waals surface area contributed by atoms with Gasteiger partial charge in [0.15, 0.2) is 11.6 Å². The van der Waals surface area contributed by atoms with Crippen LogP contribution in [-0.2, 0) is 0 Å². The highest BCUT2D eigenvalue weighted by atomic mass is 32.1. The molecule has 0 aliphatic rings. The third-order valence-corrected chi connectivity index (χ3v) is 3.69. The minimum Gasteiger partial charge on any atom is -0.497 e. The van der Waals surface area contributed by atoms with E-state index in [0.29, 0.717) is 11.0 Å². The van der Waals surface area contributed by atoms with Crippen molar-refractivity contribution in [2.24, 2.45) is 0 Å². The Bertz CT molecular complexity index is 792. The average molecular weight is 315 g/mol. The number of rotatable bonds is 4. The normalized spacial score (nSPS) is 10.5. The first-order chi connectivity index (χ1) is 10.7. The van der Waals surface area contributed by atoms with E-state index in [0.717, 1.165) is 28.4 Å². The number of nitrogens with one attached hydrogen (secondary N) is 1. The van der Waals surface area contributed by atoms with Gasteiger partial charge in [-0.25, -0.2) is 0 Å². The van der Waals surface area contributed by atoms with Gasteiger partial charge in [0.1, 0.15) is 5.75 Å². The van der Waals surface area contributed by atoms with E-state index in [1.54, 1.807) is 20.1 Å². The Balaban J connectivity index is 1.76. The summed E-state index contributed by atoms with van der Waals surface area (Å²) in [5.41, 5.74) is 1.63. The van der Waals surface area contributed by atoms with Crippen molar-refractivity contribution >= 4 is 22.6 Å². The van der Waals surface area contributed by atoms with Crippen LogP contribution in [0.4, 0.5) is 5.13 Å². The Labute approximate surface area is 130 Å². The molecule has 1 amide bonds. The second-order valence-electron chi connectivity index (χ2n) is 4.54. The van der Waals surface area contributed by atoms with Gasteiger partial charge < -0.3 is 9.15 Å². The molecular weight excluding hydrogens is 302 g/mol. The number of nitrogens with zero attached hydrogens (tertiary/aromatic N) is 2. The van der Waals surface area contributed by atoms with E-state index in [1.807, 2.05) is 24.3 Å². The number of carbonyl (C=O) groups excluding carboxylic acids is 1. The monoisotopic (exact) mass is 315 g/mol. The number of hydrogen-bond donors (Lipinski definition) is 1. The molecule has 112 valence electrons. The molecule has 0 spiro atoms. The summed E-state index contributed by atoms with van der Waals surface area (Å²) in [6.45, 7) is 1.81. The molecule has 0 aliphatic heterocycles. The number of carbonyl (C=O) groups is 1. The van der Waals surface area contributed by atoms with Gasteiger partial charge in [-0.05, 0) is 37.3 Å². The van der Waals surface area contributed by atoms with Crippen molar-refractivity contribution in [1.29, 1.82) is 0 Å². The molecule has 3 aromatic rings. The lowest BCUT2D eigenvalue weighted by Gasteiger charge is -2.00. The summed E-state index contributed by atoms with van der Waals surface area (Å²) in [6, 6.07) is 9.13. The molecule has 3 rings (SSSR count). The van der Waals surface area contributed by atoms with Crippen LogP contribution in [0.5, 0.6) is 5.75 Å². The molecule has 0 saturated heterocycles. The summed E-state index contributed by atoms with van der Waals surface area (Å²) < 4.78 is 14.5. The lowest BCUT2D eigenvalue weighted by Crippen LogP contribution is -2.11. The van der Waals surface area contributed by atoms with Gasteiger partial charge in [0, 0.05) is 22.7 Å². The molecule has 0 aliphatic carbocycles. The topological polar surface area (TPSA) is 77.2 Å². The van der Waals surface area contributed by atoms with Gasteiger partial charge in [-0.3, -0.25) is 10.1 Å². The summed E-state index contributed by atoms with van der Waals surface area (Å²) in [7, 11) is 1.61. The third kappa shape index (κ3) is 2.84. The maximum atomic E-state index is 12.0. The summed E-state index contributed by atoms with van der Waals surface area (Å²) >= 11 is 1.12. The highest BCUT2D eigenvalue weighted by Gasteiger charge is 2.15. The van der Waals surface area contributed by atoms with Gasteiger partial charge in [-0.15, -0.1) is 0 Å². The van der Waals surface area contributed by atoms with Gasteiger partial charge in [-0.2, -0.15) is 9.36 Å². The highest BCUT2D eigenvalue weighted by Crippen LogP contribution is 2.23. The zero-order valence-electron chi connectivity index (χ0n) is 12.0. The number of benzene rings is 1. The molecule has 2 aromatic heterocycles. The molecule has 7 heteroatoms. The van der Waals surface area contributed by atoms with E-state index in [-0.39, 0.29) is 11.7 Å². The van der Waals surface area contributed by atoms with E-state index in [4.69, 9.17) is 9.15 Å². The van der Waals surface area contributed by atoms with Crippen molar-refractivity contribution in [1.82, 2.24) is 9.36 Å². The van der Waals surface area contributed by atoms with E-state index >= 15 is 0 Å². The Hall–Kier alpha value is -2.67. The first-order valence-electron chi connectivity index (χ1n) is 6.51. The van der Waals surface area contributed by atoms with E-state index < -0.39 is 0 Å². The predicted octanol–water partition coefficient (Wildman–Crippen LogP) is 3.37. The first kappa shape index (κ1) is 14.3. The van der Waals surface area contributed by atoms with Crippen molar-refractivity contribution < 1.29 is 13.9 Å². The molecule has 6 nitrogen and oxygen atoms in total. The van der Waals surface area contributed by atoms with Crippen molar-refractivity contribution in [3.8, 4) is 17.1 Å². The number of amides is 1. The molecule has 1 aromatic carbocycles. The van der Waals surface area contributed by atoms with Crippen molar-refractivity contribution in [2.45, 2.75) is 6.92 Å². The zero-order chi connectivity index (χ0) is 15.5. The fraction of sp³-hybridized carbons (Fsp3) is 0.133. The highest BCUT2D eigenvalue weighted by molar-refractivity contribution is 7.10. The molecule has 0 saturated carbocycles. The van der Waals surface area contributed by atoms with E-state index in [1.165, 1.54) is 6.26 Å². The van der Waals surface area contributed by atoms with Crippen LogP contribution >= 0.6 is 11.5 Å². The maximum absolute atomic E-state index is 12.0. The number of aryl methyl sites for hydroxylation is 1. The smallest absolute Gasteiger partial charge is 0.293 e. The first-order valence-corrected chi connectivity index (χ1v) is 7.28. The van der Waals surface area contributed by atoms with Crippen molar-refractivity contribution in [3.05, 3.63) is 47.9 Å². The van der Waals surface area contributed by atoms with Gasteiger partial charge in [0.05, 0.1) is 13.4 Å². The van der Waals surface area contributed by atoms with Gasteiger partial charge in [0.2, 0.25) is 5.13 Å². The number of ether oxygens (including phenoxy) is 1. The molecule has 0 unspecified atom stereocenters. The summed E-state index contributed by atoms with van der Waals surface area (Å²) in [6.07, 6.45) is 1.48. The third-order valence-electron chi connectivity index (χ3n) is 3.06.